The summed E-state index contributed by atoms with van der Waals surface area (Å²) in [6.45, 7) is 5.93. The SMILES string of the molecule is CC(C)(C)n1[nH]c(=O)cc1-c1cccc(F)c1. The van der Waals surface area contributed by atoms with Crippen molar-refractivity contribution < 1.29 is 4.39 Å². The molecule has 0 unspecified atom stereocenters. The fourth-order valence-electron chi connectivity index (χ4n) is 1.78. The van der Waals surface area contributed by atoms with E-state index in [0.717, 1.165) is 0 Å². The molecule has 1 aromatic carbocycles. The molecule has 0 aliphatic rings. The molecule has 0 saturated heterocycles. The first-order valence-electron chi connectivity index (χ1n) is 5.46. The van der Waals surface area contributed by atoms with E-state index in [9.17, 15) is 9.18 Å². The van der Waals surface area contributed by atoms with Gasteiger partial charge in [0.25, 0.3) is 5.56 Å². The number of halogens is 1. The zero-order chi connectivity index (χ0) is 12.6. The van der Waals surface area contributed by atoms with E-state index in [4.69, 9.17) is 0 Å². The molecule has 3 nitrogen and oxygen atoms in total. The number of hydrogen-bond acceptors (Lipinski definition) is 1. The molecule has 2 rings (SSSR count). The van der Waals surface area contributed by atoms with Gasteiger partial charge in [0.1, 0.15) is 5.82 Å². The second-order valence-corrected chi connectivity index (χ2v) is 5.02. The molecule has 90 valence electrons. The highest BCUT2D eigenvalue weighted by molar-refractivity contribution is 5.59. The summed E-state index contributed by atoms with van der Waals surface area (Å²) in [5, 5.41) is 2.74. The smallest absolute Gasteiger partial charge is 0.264 e. The molecule has 0 aliphatic heterocycles. The average Bonchev–Trinajstić information content (AvgIpc) is 2.60. The Bertz CT molecular complexity index is 590. The molecule has 0 bridgehead atoms. The predicted molar refractivity (Wildman–Crippen MR) is 65.4 cm³/mol. The van der Waals surface area contributed by atoms with E-state index in [1.54, 1.807) is 16.8 Å². The molecule has 2 aromatic rings. The molecule has 0 radical (unpaired) electrons. The Morgan fingerprint density at radius 2 is 1.94 bits per heavy atom. The van der Waals surface area contributed by atoms with Crippen molar-refractivity contribution in [1.82, 2.24) is 9.78 Å². The summed E-state index contributed by atoms with van der Waals surface area (Å²) in [5.74, 6) is -0.309. The van der Waals surface area contributed by atoms with Gasteiger partial charge in [-0.05, 0) is 32.9 Å². The first-order valence-corrected chi connectivity index (χ1v) is 5.46. The number of aromatic amines is 1. The number of nitrogens with one attached hydrogen (secondary N) is 1. The maximum atomic E-state index is 13.2. The number of benzene rings is 1. The normalized spacial score (nSPS) is 11.8. The standard InChI is InChI=1S/C13H15FN2O/c1-13(2,3)16-11(8-12(17)15-16)9-5-4-6-10(14)7-9/h4-8H,1-3H3,(H,15,17). The summed E-state index contributed by atoms with van der Waals surface area (Å²) in [5.41, 5.74) is 0.948. The Hall–Kier alpha value is -1.84. The summed E-state index contributed by atoms with van der Waals surface area (Å²) in [6, 6.07) is 7.71. The zero-order valence-electron chi connectivity index (χ0n) is 10.1. The second kappa shape index (κ2) is 3.87. The van der Waals surface area contributed by atoms with Gasteiger partial charge >= 0.3 is 0 Å². The highest BCUT2D eigenvalue weighted by atomic mass is 19.1. The number of nitrogens with zero attached hydrogens (tertiary/aromatic N) is 1. The number of H-pyrrole nitrogens is 1. The predicted octanol–water partition coefficient (Wildman–Crippen LogP) is 2.74. The topological polar surface area (TPSA) is 37.8 Å². The average molecular weight is 234 g/mol. The van der Waals surface area contributed by atoms with E-state index in [2.05, 4.69) is 5.10 Å². The van der Waals surface area contributed by atoms with E-state index >= 15 is 0 Å². The minimum atomic E-state index is -0.309. The van der Waals surface area contributed by atoms with Gasteiger partial charge in [-0.2, -0.15) is 0 Å². The number of aromatic nitrogens is 2. The maximum Gasteiger partial charge on any atom is 0.264 e. The molecule has 17 heavy (non-hydrogen) atoms. The van der Waals surface area contributed by atoms with Gasteiger partial charge in [0.2, 0.25) is 0 Å². The molecule has 0 spiro atoms. The van der Waals surface area contributed by atoms with Crippen LogP contribution in [0.4, 0.5) is 4.39 Å². The van der Waals surface area contributed by atoms with Gasteiger partial charge in [0.15, 0.2) is 0 Å². The van der Waals surface area contributed by atoms with Gasteiger partial charge in [0, 0.05) is 11.6 Å². The van der Waals surface area contributed by atoms with Gasteiger partial charge in [-0.25, -0.2) is 4.39 Å². The van der Waals surface area contributed by atoms with Crippen molar-refractivity contribution in [1.29, 1.82) is 0 Å². The Labute approximate surface area is 98.9 Å². The van der Waals surface area contributed by atoms with Crippen LogP contribution in [0.5, 0.6) is 0 Å². The Morgan fingerprint density at radius 3 is 2.53 bits per heavy atom. The molecule has 0 aliphatic carbocycles. The van der Waals surface area contributed by atoms with Crippen LogP contribution in [0.3, 0.4) is 0 Å². The lowest BCUT2D eigenvalue weighted by atomic mass is 10.1. The van der Waals surface area contributed by atoms with Crippen molar-refractivity contribution in [3.8, 4) is 11.3 Å². The minimum Gasteiger partial charge on any atom is -0.279 e. The quantitative estimate of drug-likeness (QED) is 0.809. The zero-order valence-corrected chi connectivity index (χ0v) is 10.1. The van der Waals surface area contributed by atoms with Gasteiger partial charge in [-0.15, -0.1) is 0 Å². The van der Waals surface area contributed by atoms with E-state index in [1.165, 1.54) is 18.2 Å². The van der Waals surface area contributed by atoms with E-state index in [-0.39, 0.29) is 16.9 Å². The molecule has 1 aromatic heterocycles. The molecule has 0 atom stereocenters. The summed E-state index contributed by atoms with van der Waals surface area (Å²) < 4.78 is 14.9. The van der Waals surface area contributed by atoms with Crippen LogP contribution >= 0.6 is 0 Å². The summed E-state index contributed by atoms with van der Waals surface area (Å²) in [6.07, 6.45) is 0. The maximum absolute atomic E-state index is 13.2. The molecule has 1 heterocycles. The van der Waals surface area contributed by atoms with Crippen molar-refractivity contribution in [3.05, 3.63) is 46.5 Å². The lowest BCUT2D eigenvalue weighted by Gasteiger charge is -2.23. The van der Waals surface area contributed by atoms with Crippen LogP contribution in [-0.2, 0) is 5.54 Å². The number of rotatable bonds is 1. The van der Waals surface area contributed by atoms with Crippen LogP contribution in [0.2, 0.25) is 0 Å². The molecule has 0 amide bonds. The monoisotopic (exact) mass is 234 g/mol. The van der Waals surface area contributed by atoms with Crippen molar-refractivity contribution in [2.75, 3.05) is 0 Å². The Morgan fingerprint density at radius 1 is 1.24 bits per heavy atom. The fraction of sp³-hybridized carbons (Fsp3) is 0.308. The summed E-state index contributed by atoms with van der Waals surface area (Å²) >= 11 is 0. The van der Waals surface area contributed by atoms with Crippen LogP contribution in [0.1, 0.15) is 20.8 Å². The second-order valence-electron chi connectivity index (χ2n) is 5.02. The molecular weight excluding hydrogens is 219 g/mol. The van der Waals surface area contributed by atoms with Crippen molar-refractivity contribution in [2.45, 2.75) is 26.3 Å². The van der Waals surface area contributed by atoms with Crippen LogP contribution in [-0.4, -0.2) is 9.78 Å². The third-order valence-electron chi connectivity index (χ3n) is 2.52. The van der Waals surface area contributed by atoms with Gasteiger partial charge in [-0.3, -0.25) is 14.6 Å². The van der Waals surface area contributed by atoms with Gasteiger partial charge in [-0.1, -0.05) is 12.1 Å². The molecule has 4 heteroatoms. The third-order valence-corrected chi connectivity index (χ3v) is 2.52. The first kappa shape index (κ1) is 11.6. The summed E-state index contributed by atoms with van der Waals surface area (Å²) in [7, 11) is 0. The number of hydrogen-bond donors (Lipinski definition) is 1. The largest absolute Gasteiger partial charge is 0.279 e. The lowest BCUT2D eigenvalue weighted by Crippen LogP contribution is -2.25. The fourth-order valence-corrected chi connectivity index (χ4v) is 1.78. The van der Waals surface area contributed by atoms with Crippen LogP contribution in [0.15, 0.2) is 35.1 Å². The van der Waals surface area contributed by atoms with E-state index in [1.807, 2.05) is 20.8 Å². The van der Waals surface area contributed by atoms with Gasteiger partial charge in [0.05, 0.1) is 11.2 Å². The van der Waals surface area contributed by atoms with Crippen molar-refractivity contribution in [2.24, 2.45) is 0 Å². The Balaban J connectivity index is 2.64. The molecule has 0 fully saturated rings. The molecule has 1 N–H and O–H groups in total. The minimum absolute atomic E-state index is 0.181. The summed E-state index contributed by atoms with van der Waals surface area (Å²) in [4.78, 5) is 11.4. The lowest BCUT2D eigenvalue weighted by molar-refractivity contribution is 0.358. The van der Waals surface area contributed by atoms with E-state index < -0.39 is 0 Å². The van der Waals surface area contributed by atoms with Crippen LogP contribution < -0.4 is 5.56 Å². The van der Waals surface area contributed by atoms with Crippen LogP contribution in [0.25, 0.3) is 11.3 Å². The Kier molecular flexibility index (Phi) is 2.65. The highest BCUT2D eigenvalue weighted by Gasteiger charge is 2.18. The van der Waals surface area contributed by atoms with E-state index in [0.29, 0.717) is 11.3 Å². The van der Waals surface area contributed by atoms with Crippen molar-refractivity contribution in [3.63, 3.8) is 0 Å². The highest BCUT2D eigenvalue weighted by Crippen LogP contribution is 2.24. The first-order chi connectivity index (χ1) is 7.88. The molecular formula is C13H15FN2O. The third kappa shape index (κ3) is 2.30. The van der Waals surface area contributed by atoms with Gasteiger partial charge < -0.3 is 0 Å². The molecule has 0 saturated carbocycles. The van der Waals surface area contributed by atoms with Crippen molar-refractivity contribution >= 4 is 0 Å². The van der Waals surface area contributed by atoms with Crippen LogP contribution in [0, 0.1) is 5.82 Å².